The van der Waals surface area contributed by atoms with E-state index >= 15 is 0 Å². The van der Waals surface area contributed by atoms with Crippen LogP contribution in [-0.4, -0.2) is 100.0 Å². The first kappa shape index (κ1) is 44.1. The molecule has 6 rings (SSSR count). The van der Waals surface area contributed by atoms with E-state index in [1.807, 2.05) is 97.1 Å². The number of hydrogen-bond donors (Lipinski definition) is 5. The van der Waals surface area contributed by atoms with Gasteiger partial charge in [0.2, 0.25) is 13.1 Å². The fraction of sp³-hybridized carbons (Fsp3) is 0.333. The molecule has 0 aliphatic carbocycles. The van der Waals surface area contributed by atoms with Crippen molar-refractivity contribution in [2.75, 3.05) is 47.5 Å². The molecule has 0 radical (unpaired) electrons. The summed E-state index contributed by atoms with van der Waals surface area (Å²) in [5.74, 6) is -3.89. The van der Waals surface area contributed by atoms with Crippen molar-refractivity contribution < 1.29 is 48.7 Å². The van der Waals surface area contributed by atoms with Gasteiger partial charge >= 0.3 is 11.9 Å². The van der Waals surface area contributed by atoms with E-state index in [4.69, 9.17) is 0 Å². The Morgan fingerprint density at radius 2 is 1.07 bits per heavy atom. The summed E-state index contributed by atoms with van der Waals surface area (Å²) in [7, 11) is 2.29. The number of aliphatic hydroxyl groups excluding tert-OH is 2. The molecule has 0 spiro atoms. The average molecular weight is 854 g/mol. The number of aromatic nitrogens is 2. The van der Waals surface area contributed by atoms with Crippen molar-refractivity contribution in [1.82, 2.24) is 5.32 Å². The first-order valence-electron chi connectivity index (χ1n) is 19.9. The maximum atomic E-state index is 12.9. The van der Waals surface area contributed by atoms with Crippen LogP contribution >= 0.6 is 21.6 Å². The smallest absolute Gasteiger partial charge is 0.327 e. The van der Waals surface area contributed by atoms with Crippen molar-refractivity contribution in [2.45, 2.75) is 50.6 Å². The lowest BCUT2D eigenvalue weighted by Gasteiger charge is -2.17. The number of benzene rings is 2. The Hall–Kier alpha value is -5.48. The second-order valence-electron chi connectivity index (χ2n) is 15.0. The highest BCUT2D eigenvalue weighted by molar-refractivity contribution is 8.76. The summed E-state index contributed by atoms with van der Waals surface area (Å²) in [5, 5.41) is 41.7. The molecule has 15 heteroatoms. The van der Waals surface area contributed by atoms with E-state index in [2.05, 4.69) is 15.1 Å². The van der Waals surface area contributed by atoms with Crippen LogP contribution < -0.4 is 24.3 Å². The van der Waals surface area contributed by atoms with Gasteiger partial charge < -0.3 is 35.5 Å². The van der Waals surface area contributed by atoms with Gasteiger partial charge in [-0.25, -0.2) is 4.79 Å². The number of nitrogens with one attached hydrogen (secondary N) is 1. The SMILES string of the molecule is O=C(CC(CSSCC(NC(=O)C[n+]1ccc(/C=C/c2ccc(N3CCC(O)C3)cc2)cc1)C(=O)O)C(=O)O)C[n+]1ccc(/C=C/c2ccc(N3CCC(O)C3)cc2)cc1. The van der Waals surface area contributed by atoms with E-state index in [1.165, 1.54) is 0 Å². The number of anilines is 2. The first-order valence-corrected chi connectivity index (χ1v) is 22.4. The van der Waals surface area contributed by atoms with E-state index in [0.29, 0.717) is 13.1 Å². The first-order chi connectivity index (χ1) is 29.0. The van der Waals surface area contributed by atoms with E-state index in [-0.39, 0.29) is 49.0 Å². The zero-order valence-electron chi connectivity index (χ0n) is 33.2. The summed E-state index contributed by atoms with van der Waals surface area (Å²) >= 11 is 0. The quantitative estimate of drug-likeness (QED) is 0.0491. The summed E-state index contributed by atoms with van der Waals surface area (Å²) < 4.78 is 3.35. The number of nitrogens with zero attached hydrogens (tertiary/aromatic N) is 4. The highest BCUT2D eigenvalue weighted by atomic mass is 33.1. The van der Waals surface area contributed by atoms with Crippen molar-refractivity contribution in [3.05, 3.63) is 120 Å². The lowest BCUT2D eigenvalue weighted by Crippen LogP contribution is -2.49. The molecule has 314 valence electrons. The van der Waals surface area contributed by atoms with Crippen LogP contribution in [-0.2, 0) is 32.3 Å². The second kappa shape index (κ2) is 21.7. The topological polar surface area (TPSA) is 175 Å². The van der Waals surface area contributed by atoms with Crippen molar-refractivity contribution in [2.24, 2.45) is 5.92 Å². The number of carboxylic acids is 2. The Bertz CT molecular complexity index is 1980. The van der Waals surface area contributed by atoms with Crippen LogP contribution in [0.15, 0.2) is 97.6 Å². The monoisotopic (exact) mass is 853 g/mol. The van der Waals surface area contributed by atoms with Gasteiger partial charge in [0.05, 0.1) is 18.1 Å². The van der Waals surface area contributed by atoms with E-state index in [9.17, 15) is 39.6 Å². The number of carbonyl (C=O) groups is 4. The Morgan fingerprint density at radius 1 is 0.633 bits per heavy atom. The lowest BCUT2D eigenvalue weighted by molar-refractivity contribution is -0.684. The van der Waals surface area contributed by atoms with Gasteiger partial charge in [-0.05, 0) is 59.4 Å². The zero-order valence-corrected chi connectivity index (χ0v) is 34.8. The Balaban J connectivity index is 0.888. The van der Waals surface area contributed by atoms with Gasteiger partial charge in [0.15, 0.2) is 30.6 Å². The van der Waals surface area contributed by atoms with Crippen LogP contribution in [0.5, 0.6) is 0 Å². The maximum absolute atomic E-state index is 12.9. The number of ketones is 1. The molecular weight excluding hydrogens is 803 g/mol. The minimum atomic E-state index is -1.20. The Morgan fingerprint density at radius 3 is 1.48 bits per heavy atom. The number of aliphatic carboxylic acids is 2. The number of carbonyl (C=O) groups excluding carboxylic acids is 2. The average Bonchev–Trinajstić information content (AvgIpc) is 3.89. The number of rotatable bonds is 20. The van der Waals surface area contributed by atoms with Gasteiger partial charge in [0.1, 0.15) is 6.04 Å². The van der Waals surface area contributed by atoms with Gasteiger partial charge in [0.25, 0.3) is 5.91 Å². The number of β-amino-alcohol motifs (C(OH)–C–C–N with tert-alkyl or cyclic N) is 2. The molecule has 2 aliphatic rings. The predicted molar refractivity (Wildman–Crippen MR) is 235 cm³/mol. The zero-order chi connectivity index (χ0) is 42.4. The molecule has 2 saturated heterocycles. The minimum absolute atomic E-state index is 0.00690. The van der Waals surface area contributed by atoms with Crippen molar-refractivity contribution >= 4 is 80.9 Å². The number of aliphatic hydroxyl groups is 2. The minimum Gasteiger partial charge on any atom is -0.481 e. The molecule has 2 aromatic heterocycles. The normalized spacial score (nSPS) is 17.6. The summed E-state index contributed by atoms with van der Waals surface area (Å²) in [6, 6.07) is 22.6. The highest BCUT2D eigenvalue weighted by Crippen LogP contribution is 2.27. The summed E-state index contributed by atoms with van der Waals surface area (Å²) in [5.41, 5.74) is 6.09. The molecule has 4 unspecified atom stereocenters. The molecule has 2 aliphatic heterocycles. The number of Topliss-reactive ketones (excluding diaryl/α,β-unsaturated/α-hetero) is 1. The van der Waals surface area contributed by atoms with Gasteiger partial charge in [-0.15, -0.1) is 0 Å². The molecular formula is C45H51N5O8S2+2. The third-order valence-corrected chi connectivity index (χ3v) is 12.8. The van der Waals surface area contributed by atoms with Crippen molar-refractivity contribution in [1.29, 1.82) is 0 Å². The molecule has 4 aromatic rings. The van der Waals surface area contributed by atoms with Crippen molar-refractivity contribution in [3.8, 4) is 0 Å². The van der Waals surface area contributed by atoms with Crippen LogP contribution in [0.1, 0.15) is 41.5 Å². The van der Waals surface area contributed by atoms with Crippen LogP contribution in [0.2, 0.25) is 0 Å². The summed E-state index contributed by atoms with van der Waals surface area (Å²) in [4.78, 5) is 53.9. The van der Waals surface area contributed by atoms with Gasteiger partial charge in [0, 0.05) is 79.7 Å². The van der Waals surface area contributed by atoms with Crippen LogP contribution in [0.25, 0.3) is 24.3 Å². The van der Waals surface area contributed by atoms with Gasteiger partial charge in [-0.1, -0.05) is 70.2 Å². The number of amides is 1. The molecule has 0 saturated carbocycles. The highest BCUT2D eigenvalue weighted by Gasteiger charge is 2.26. The summed E-state index contributed by atoms with van der Waals surface area (Å²) in [6.45, 7) is 2.92. The molecule has 5 N–H and O–H groups in total. The molecule has 2 fully saturated rings. The summed E-state index contributed by atoms with van der Waals surface area (Å²) in [6.07, 6.45) is 15.8. The lowest BCUT2D eigenvalue weighted by atomic mass is 10.0. The van der Waals surface area contributed by atoms with E-state index < -0.39 is 29.8 Å². The van der Waals surface area contributed by atoms with Gasteiger partial charge in [-0.3, -0.25) is 14.4 Å². The molecule has 0 bridgehead atoms. The van der Waals surface area contributed by atoms with E-state index in [0.717, 1.165) is 81.1 Å². The van der Waals surface area contributed by atoms with Crippen molar-refractivity contribution in [3.63, 3.8) is 0 Å². The fourth-order valence-corrected chi connectivity index (χ4v) is 9.35. The standard InChI is InChI=1S/C45H49N5O8S2/c51-39-17-23-49(27-39)37-9-5-32(6-10-37)1-3-34-13-19-47(20-14-34)26-41(53)25-36(44(55)56)30-59-60-31-42(45(57)58)46-43(54)29-48-21-15-35(16-22-48)4-2-33-7-11-38(12-8-33)50-24-18-40(52)28-50/h1-16,19-22,36,39-40,42,51-52H,17-18,23-31H2,(H-2,46,54,55,56,57,58)/p+2. The third-order valence-electron chi connectivity index (χ3n) is 10.3. The molecule has 13 nitrogen and oxygen atoms in total. The maximum Gasteiger partial charge on any atom is 0.327 e. The van der Waals surface area contributed by atoms with Crippen LogP contribution in [0, 0.1) is 5.92 Å². The van der Waals surface area contributed by atoms with Crippen LogP contribution in [0.3, 0.4) is 0 Å². The molecule has 4 atom stereocenters. The number of carboxylic acid groups (broad SMARTS) is 2. The third kappa shape index (κ3) is 13.5. The fourth-order valence-electron chi connectivity index (χ4n) is 6.89. The van der Waals surface area contributed by atoms with Gasteiger partial charge in [-0.2, -0.15) is 9.13 Å². The molecule has 1 amide bonds. The number of hydrogen-bond acceptors (Lipinski definition) is 10. The second-order valence-corrected chi connectivity index (χ2v) is 17.6. The van der Waals surface area contributed by atoms with Crippen LogP contribution in [0.4, 0.5) is 11.4 Å². The molecule has 2 aromatic carbocycles. The molecule has 60 heavy (non-hydrogen) atoms. The Labute approximate surface area is 357 Å². The molecule has 4 heterocycles. The largest absolute Gasteiger partial charge is 0.481 e. The predicted octanol–water partition coefficient (Wildman–Crippen LogP) is 4.06. The van der Waals surface area contributed by atoms with E-state index in [1.54, 1.807) is 33.9 Å². The number of pyridine rings is 2. The Kier molecular flexibility index (Phi) is 15.9.